The molecule has 0 saturated carbocycles. The van der Waals surface area contributed by atoms with Crippen molar-refractivity contribution in [3.8, 4) is 0 Å². The highest BCUT2D eigenvalue weighted by atomic mass is 79.9. The Kier molecular flexibility index (Phi) is 4.09. The van der Waals surface area contributed by atoms with Gasteiger partial charge in [0, 0.05) is 17.1 Å². The number of halogens is 3. The number of carbonyl (C=O) groups is 1. The van der Waals surface area contributed by atoms with Crippen LogP contribution in [-0.4, -0.2) is 10.8 Å². The summed E-state index contributed by atoms with van der Waals surface area (Å²) >= 11 is 8.97. The molecule has 18 heavy (non-hydrogen) atoms. The Balaban J connectivity index is 2.21. The van der Waals surface area contributed by atoms with Gasteiger partial charge in [0.2, 0.25) is 0 Å². The highest BCUT2D eigenvalue weighted by molar-refractivity contribution is 9.10. The summed E-state index contributed by atoms with van der Waals surface area (Å²) in [7, 11) is 0. The Labute approximate surface area is 117 Å². The van der Waals surface area contributed by atoms with Crippen LogP contribution in [0.4, 0.5) is 4.39 Å². The summed E-state index contributed by atoms with van der Waals surface area (Å²) < 4.78 is 13.8. The molecule has 1 aromatic heterocycles. The van der Waals surface area contributed by atoms with E-state index >= 15 is 0 Å². The Morgan fingerprint density at radius 2 is 2.11 bits per heavy atom. The van der Waals surface area contributed by atoms with Crippen LogP contribution in [0.25, 0.3) is 0 Å². The van der Waals surface area contributed by atoms with Crippen molar-refractivity contribution in [3.63, 3.8) is 0 Å². The van der Waals surface area contributed by atoms with Crippen LogP contribution in [0.5, 0.6) is 0 Å². The smallest absolute Gasteiger partial charge is 0.185 e. The zero-order valence-corrected chi connectivity index (χ0v) is 11.5. The van der Waals surface area contributed by atoms with Gasteiger partial charge in [-0.15, -0.1) is 0 Å². The summed E-state index contributed by atoms with van der Waals surface area (Å²) in [6.07, 6.45) is 1.50. The molecular formula is C13H8BrClFNO. The third kappa shape index (κ3) is 3.15. The summed E-state index contributed by atoms with van der Waals surface area (Å²) in [5.74, 6) is -0.553. The van der Waals surface area contributed by atoms with E-state index in [2.05, 4.69) is 20.9 Å². The van der Waals surface area contributed by atoms with Gasteiger partial charge in [0.25, 0.3) is 0 Å². The van der Waals surface area contributed by atoms with Crippen molar-refractivity contribution in [2.24, 2.45) is 0 Å². The summed E-state index contributed by atoms with van der Waals surface area (Å²) in [6, 6.07) is 7.39. The number of hydrogen-bond acceptors (Lipinski definition) is 2. The minimum atomic E-state index is -0.370. The second-order valence-corrected chi connectivity index (χ2v) is 4.99. The average molecular weight is 329 g/mol. The molecule has 2 aromatic rings. The van der Waals surface area contributed by atoms with Gasteiger partial charge < -0.3 is 0 Å². The number of ketones is 1. The standard InChI is InChI=1S/C13H8BrClFNO/c14-11-3-2-10(16)5-8(11)6-13(18)12-4-1-9(15)7-17-12/h1-5,7H,6H2. The molecule has 0 aliphatic carbocycles. The van der Waals surface area contributed by atoms with Crippen molar-refractivity contribution in [1.82, 2.24) is 4.98 Å². The van der Waals surface area contributed by atoms with Gasteiger partial charge in [-0.05, 0) is 35.9 Å². The minimum Gasteiger partial charge on any atom is -0.292 e. The van der Waals surface area contributed by atoms with Gasteiger partial charge in [0.15, 0.2) is 5.78 Å². The Bertz CT molecular complexity index is 586. The summed E-state index contributed by atoms with van der Waals surface area (Å²) in [6.45, 7) is 0. The summed E-state index contributed by atoms with van der Waals surface area (Å²) in [4.78, 5) is 15.9. The lowest BCUT2D eigenvalue weighted by atomic mass is 10.1. The monoisotopic (exact) mass is 327 g/mol. The van der Waals surface area contributed by atoms with Gasteiger partial charge in [0.1, 0.15) is 11.5 Å². The van der Waals surface area contributed by atoms with Crippen LogP contribution in [0.1, 0.15) is 16.1 Å². The molecule has 0 saturated heterocycles. The molecule has 1 aromatic carbocycles. The Morgan fingerprint density at radius 1 is 1.33 bits per heavy atom. The maximum Gasteiger partial charge on any atom is 0.185 e. The Morgan fingerprint density at radius 3 is 2.78 bits per heavy atom. The van der Waals surface area contributed by atoms with Crippen LogP contribution in [0.3, 0.4) is 0 Å². The van der Waals surface area contributed by atoms with Gasteiger partial charge in [-0.1, -0.05) is 27.5 Å². The average Bonchev–Trinajstić information content (AvgIpc) is 2.34. The molecular weight excluding hydrogens is 321 g/mol. The SMILES string of the molecule is O=C(Cc1cc(F)ccc1Br)c1ccc(Cl)cn1. The first-order chi connectivity index (χ1) is 8.56. The van der Waals surface area contributed by atoms with Gasteiger partial charge in [-0.25, -0.2) is 4.39 Å². The predicted octanol–water partition coefficient (Wildman–Crippen LogP) is 4.06. The molecule has 0 radical (unpaired) electrons. The van der Waals surface area contributed by atoms with E-state index in [9.17, 15) is 9.18 Å². The number of nitrogens with zero attached hydrogens (tertiary/aromatic N) is 1. The molecule has 0 fully saturated rings. The largest absolute Gasteiger partial charge is 0.292 e. The van der Waals surface area contributed by atoms with Crippen LogP contribution < -0.4 is 0 Å². The number of Topliss-reactive ketones (excluding diaryl/α,β-unsaturated/α-hetero) is 1. The van der Waals surface area contributed by atoms with E-state index in [0.29, 0.717) is 20.8 Å². The van der Waals surface area contributed by atoms with Gasteiger partial charge in [-0.2, -0.15) is 0 Å². The van der Waals surface area contributed by atoms with E-state index < -0.39 is 0 Å². The molecule has 0 aliphatic heterocycles. The van der Waals surface area contributed by atoms with Crippen molar-refractivity contribution in [3.05, 3.63) is 63.1 Å². The van der Waals surface area contributed by atoms with E-state index in [4.69, 9.17) is 11.6 Å². The lowest BCUT2D eigenvalue weighted by Crippen LogP contribution is -2.06. The second kappa shape index (κ2) is 5.59. The third-order valence-electron chi connectivity index (χ3n) is 2.37. The van der Waals surface area contributed by atoms with Crippen molar-refractivity contribution >= 4 is 33.3 Å². The van der Waals surface area contributed by atoms with Crippen LogP contribution in [0, 0.1) is 5.82 Å². The van der Waals surface area contributed by atoms with Gasteiger partial charge >= 0.3 is 0 Å². The Hall–Kier alpha value is -1.26. The molecule has 5 heteroatoms. The fourth-order valence-electron chi connectivity index (χ4n) is 1.48. The molecule has 0 aliphatic rings. The molecule has 0 amide bonds. The molecule has 0 unspecified atom stereocenters. The lowest BCUT2D eigenvalue weighted by molar-refractivity contribution is 0.0988. The van der Waals surface area contributed by atoms with Crippen LogP contribution in [0.15, 0.2) is 41.0 Å². The van der Waals surface area contributed by atoms with E-state index in [1.165, 1.54) is 18.3 Å². The first-order valence-corrected chi connectivity index (χ1v) is 6.32. The number of carbonyl (C=O) groups excluding carboxylic acids is 1. The highest BCUT2D eigenvalue weighted by Crippen LogP contribution is 2.19. The summed E-state index contributed by atoms with van der Waals surface area (Å²) in [5.41, 5.74) is 0.910. The lowest BCUT2D eigenvalue weighted by Gasteiger charge is -2.04. The topological polar surface area (TPSA) is 30.0 Å². The van der Waals surface area contributed by atoms with E-state index in [1.54, 1.807) is 18.2 Å². The van der Waals surface area contributed by atoms with Crippen LogP contribution >= 0.6 is 27.5 Å². The van der Waals surface area contributed by atoms with Crippen molar-refractivity contribution in [2.75, 3.05) is 0 Å². The predicted molar refractivity (Wildman–Crippen MR) is 71.4 cm³/mol. The second-order valence-electron chi connectivity index (χ2n) is 3.70. The van der Waals surface area contributed by atoms with Gasteiger partial charge in [0.05, 0.1) is 5.02 Å². The molecule has 1 heterocycles. The number of hydrogen-bond donors (Lipinski definition) is 0. The maximum atomic E-state index is 13.1. The molecule has 2 rings (SSSR count). The molecule has 0 atom stereocenters. The minimum absolute atomic E-state index is 0.0903. The van der Waals surface area contributed by atoms with E-state index in [1.807, 2.05) is 0 Å². The first-order valence-electron chi connectivity index (χ1n) is 5.15. The number of rotatable bonds is 3. The number of aromatic nitrogens is 1. The van der Waals surface area contributed by atoms with Crippen molar-refractivity contribution < 1.29 is 9.18 Å². The third-order valence-corrected chi connectivity index (χ3v) is 3.37. The number of pyridine rings is 1. The molecule has 0 spiro atoms. The van der Waals surface area contributed by atoms with Crippen LogP contribution in [0.2, 0.25) is 5.02 Å². The maximum absolute atomic E-state index is 13.1. The van der Waals surface area contributed by atoms with Crippen LogP contribution in [-0.2, 0) is 6.42 Å². The molecule has 0 N–H and O–H groups in total. The highest BCUT2D eigenvalue weighted by Gasteiger charge is 2.11. The quantitative estimate of drug-likeness (QED) is 0.795. The van der Waals surface area contributed by atoms with Crippen molar-refractivity contribution in [1.29, 1.82) is 0 Å². The molecule has 0 bridgehead atoms. The molecule has 2 nitrogen and oxygen atoms in total. The fourth-order valence-corrected chi connectivity index (χ4v) is 1.98. The summed E-state index contributed by atoms with van der Waals surface area (Å²) in [5, 5.41) is 0.471. The first kappa shape index (κ1) is 13.2. The number of benzene rings is 1. The van der Waals surface area contributed by atoms with E-state index in [0.717, 1.165) is 0 Å². The molecule has 92 valence electrons. The van der Waals surface area contributed by atoms with Crippen molar-refractivity contribution in [2.45, 2.75) is 6.42 Å². The zero-order valence-electron chi connectivity index (χ0n) is 9.16. The van der Waals surface area contributed by atoms with E-state index in [-0.39, 0.29) is 18.0 Å². The fraction of sp³-hybridized carbons (Fsp3) is 0.0769. The van der Waals surface area contributed by atoms with Gasteiger partial charge in [-0.3, -0.25) is 9.78 Å². The normalized spacial score (nSPS) is 10.4. The zero-order chi connectivity index (χ0) is 13.1.